The molecular formula is C22H24N4O2. The molecular weight excluding hydrogens is 352 g/mol. The predicted octanol–water partition coefficient (Wildman–Crippen LogP) is 3.20. The molecule has 0 atom stereocenters. The highest BCUT2D eigenvalue weighted by atomic mass is 16.2. The van der Waals surface area contributed by atoms with E-state index in [-0.39, 0.29) is 18.0 Å². The number of amides is 1. The largest absolute Gasteiger partial charge is 0.355 e. The second kappa shape index (κ2) is 7.84. The smallest absolute Gasteiger partial charge is 0.275 e. The average molecular weight is 376 g/mol. The van der Waals surface area contributed by atoms with Crippen molar-refractivity contribution in [1.29, 1.82) is 0 Å². The van der Waals surface area contributed by atoms with E-state index < -0.39 is 0 Å². The normalized spacial score (nSPS) is 13.8. The van der Waals surface area contributed by atoms with Gasteiger partial charge in [0.2, 0.25) is 5.91 Å². The molecule has 0 radical (unpaired) electrons. The Kier molecular flexibility index (Phi) is 5.10. The van der Waals surface area contributed by atoms with E-state index in [4.69, 9.17) is 0 Å². The van der Waals surface area contributed by atoms with Crippen LogP contribution >= 0.6 is 0 Å². The zero-order chi connectivity index (χ0) is 19.5. The minimum Gasteiger partial charge on any atom is -0.355 e. The van der Waals surface area contributed by atoms with Crippen molar-refractivity contribution in [2.24, 2.45) is 0 Å². The van der Waals surface area contributed by atoms with Gasteiger partial charge in [0, 0.05) is 24.2 Å². The minimum absolute atomic E-state index is 0.110. The fraction of sp³-hybridized carbons (Fsp3) is 0.318. The Bertz CT molecular complexity index is 1070. The Hall–Kier alpha value is -3.15. The molecule has 1 aliphatic rings. The quantitative estimate of drug-likeness (QED) is 0.743. The summed E-state index contributed by atoms with van der Waals surface area (Å²) >= 11 is 0. The molecule has 1 N–H and O–H groups in total. The van der Waals surface area contributed by atoms with Gasteiger partial charge in [0.05, 0.1) is 5.39 Å². The van der Waals surface area contributed by atoms with Gasteiger partial charge in [0.25, 0.3) is 5.56 Å². The molecule has 3 aromatic rings. The van der Waals surface area contributed by atoms with Gasteiger partial charge < -0.3 is 10.2 Å². The Balaban J connectivity index is 1.65. The van der Waals surface area contributed by atoms with Gasteiger partial charge >= 0.3 is 0 Å². The highest BCUT2D eigenvalue weighted by Crippen LogP contribution is 2.25. The van der Waals surface area contributed by atoms with Crippen LogP contribution in [-0.4, -0.2) is 28.8 Å². The topological polar surface area (TPSA) is 67.2 Å². The molecule has 1 saturated heterocycles. The number of fused-ring (bicyclic) bond motifs is 1. The second-order valence-electron chi connectivity index (χ2n) is 7.13. The van der Waals surface area contributed by atoms with Crippen molar-refractivity contribution in [2.75, 3.05) is 23.3 Å². The number of rotatable bonds is 5. The number of nitrogens with zero attached hydrogens (tertiary/aromatic N) is 3. The first-order valence-corrected chi connectivity index (χ1v) is 9.79. The van der Waals surface area contributed by atoms with Gasteiger partial charge in [-0.2, -0.15) is 5.10 Å². The lowest BCUT2D eigenvalue weighted by Gasteiger charge is -2.19. The molecule has 0 bridgehead atoms. The maximum Gasteiger partial charge on any atom is 0.275 e. The van der Waals surface area contributed by atoms with Gasteiger partial charge in [-0.1, -0.05) is 37.3 Å². The summed E-state index contributed by atoms with van der Waals surface area (Å²) < 4.78 is 1.29. The van der Waals surface area contributed by atoms with E-state index in [1.54, 1.807) is 6.07 Å². The Morgan fingerprint density at radius 3 is 2.57 bits per heavy atom. The Morgan fingerprint density at radius 2 is 1.82 bits per heavy atom. The SMILES string of the molecule is CCc1cccc(NC(=O)Cn2nc(N3CCCC3)c3ccccc3c2=O)c1. The number of hydrogen-bond donors (Lipinski definition) is 1. The third-order valence-corrected chi connectivity index (χ3v) is 5.17. The lowest BCUT2D eigenvalue weighted by molar-refractivity contribution is -0.117. The van der Waals surface area contributed by atoms with Crippen LogP contribution in [0.15, 0.2) is 53.3 Å². The first kappa shape index (κ1) is 18.2. The molecule has 0 unspecified atom stereocenters. The van der Waals surface area contributed by atoms with Crippen molar-refractivity contribution in [3.05, 3.63) is 64.4 Å². The van der Waals surface area contributed by atoms with Crippen LogP contribution in [0.1, 0.15) is 25.3 Å². The summed E-state index contributed by atoms with van der Waals surface area (Å²) in [5.74, 6) is 0.527. The zero-order valence-electron chi connectivity index (χ0n) is 16.0. The third-order valence-electron chi connectivity index (χ3n) is 5.17. The molecule has 0 aliphatic carbocycles. The molecule has 1 fully saturated rings. The van der Waals surface area contributed by atoms with Crippen molar-refractivity contribution < 1.29 is 4.79 Å². The standard InChI is InChI=1S/C22H24N4O2/c1-2-16-8-7-9-17(14-16)23-20(27)15-26-22(28)19-11-4-3-10-18(19)21(24-26)25-12-5-6-13-25/h3-4,7-11,14H,2,5-6,12-13,15H2,1H3,(H,23,27). The monoisotopic (exact) mass is 376 g/mol. The summed E-state index contributed by atoms with van der Waals surface area (Å²) in [6.07, 6.45) is 3.13. The number of aryl methyl sites for hydroxylation is 1. The highest BCUT2D eigenvalue weighted by molar-refractivity contribution is 5.93. The van der Waals surface area contributed by atoms with E-state index >= 15 is 0 Å². The van der Waals surface area contributed by atoms with Crippen LogP contribution < -0.4 is 15.8 Å². The molecule has 4 rings (SSSR count). The van der Waals surface area contributed by atoms with Crippen molar-refractivity contribution in [3.8, 4) is 0 Å². The second-order valence-corrected chi connectivity index (χ2v) is 7.13. The summed E-state index contributed by atoms with van der Waals surface area (Å²) in [4.78, 5) is 27.7. The van der Waals surface area contributed by atoms with E-state index in [0.29, 0.717) is 5.39 Å². The zero-order valence-corrected chi connectivity index (χ0v) is 16.0. The molecule has 1 aromatic heterocycles. The number of carbonyl (C=O) groups is 1. The van der Waals surface area contributed by atoms with E-state index in [0.717, 1.165) is 54.8 Å². The van der Waals surface area contributed by atoms with Crippen molar-refractivity contribution in [3.63, 3.8) is 0 Å². The van der Waals surface area contributed by atoms with Crippen molar-refractivity contribution in [2.45, 2.75) is 32.7 Å². The molecule has 1 amide bonds. The van der Waals surface area contributed by atoms with E-state index in [9.17, 15) is 9.59 Å². The number of aromatic nitrogens is 2. The third kappa shape index (κ3) is 3.63. The summed E-state index contributed by atoms with van der Waals surface area (Å²) in [6, 6.07) is 15.2. The first-order valence-electron chi connectivity index (χ1n) is 9.79. The highest BCUT2D eigenvalue weighted by Gasteiger charge is 2.20. The molecule has 28 heavy (non-hydrogen) atoms. The lowest BCUT2D eigenvalue weighted by atomic mass is 10.1. The number of anilines is 2. The van der Waals surface area contributed by atoms with E-state index in [1.165, 1.54) is 4.68 Å². The summed E-state index contributed by atoms with van der Waals surface area (Å²) in [7, 11) is 0. The number of carbonyl (C=O) groups excluding carboxylic acids is 1. The Labute approximate surface area is 163 Å². The van der Waals surface area contributed by atoms with Crippen LogP contribution in [0.3, 0.4) is 0 Å². The van der Waals surface area contributed by atoms with E-state index in [1.807, 2.05) is 42.5 Å². The van der Waals surface area contributed by atoms with Gasteiger partial charge in [-0.25, -0.2) is 4.68 Å². The van der Waals surface area contributed by atoms with Crippen LogP contribution in [0.2, 0.25) is 0 Å². The predicted molar refractivity (Wildman–Crippen MR) is 112 cm³/mol. The van der Waals surface area contributed by atoms with Crippen LogP contribution in [0.4, 0.5) is 11.5 Å². The van der Waals surface area contributed by atoms with Gasteiger partial charge in [-0.3, -0.25) is 9.59 Å². The average Bonchev–Trinajstić information content (AvgIpc) is 3.25. The number of benzene rings is 2. The summed E-state index contributed by atoms with van der Waals surface area (Å²) in [6.45, 7) is 3.80. The molecule has 0 spiro atoms. The maximum absolute atomic E-state index is 12.9. The maximum atomic E-state index is 12.9. The van der Waals surface area contributed by atoms with E-state index in [2.05, 4.69) is 22.2 Å². The van der Waals surface area contributed by atoms with Crippen molar-refractivity contribution in [1.82, 2.24) is 9.78 Å². The molecule has 0 saturated carbocycles. The number of nitrogens with one attached hydrogen (secondary N) is 1. The van der Waals surface area contributed by atoms with Crippen LogP contribution in [0, 0.1) is 0 Å². The molecule has 6 nitrogen and oxygen atoms in total. The van der Waals surface area contributed by atoms with Gasteiger partial charge in [-0.05, 0) is 43.0 Å². The molecule has 2 heterocycles. The fourth-order valence-electron chi connectivity index (χ4n) is 3.69. The van der Waals surface area contributed by atoms with Crippen LogP contribution in [0.5, 0.6) is 0 Å². The fourth-order valence-corrected chi connectivity index (χ4v) is 3.69. The molecule has 1 aliphatic heterocycles. The lowest BCUT2D eigenvalue weighted by Crippen LogP contribution is -2.32. The number of hydrogen-bond acceptors (Lipinski definition) is 4. The van der Waals surface area contributed by atoms with Gasteiger partial charge in [0.15, 0.2) is 5.82 Å². The van der Waals surface area contributed by atoms with Crippen LogP contribution in [0.25, 0.3) is 10.8 Å². The van der Waals surface area contributed by atoms with Crippen LogP contribution in [-0.2, 0) is 17.8 Å². The summed E-state index contributed by atoms with van der Waals surface area (Å²) in [5, 5.41) is 8.89. The molecule has 2 aromatic carbocycles. The van der Waals surface area contributed by atoms with Crippen molar-refractivity contribution >= 4 is 28.2 Å². The molecule has 144 valence electrons. The van der Waals surface area contributed by atoms with Gasteiger partial charge in [0.1, 0.15) is 6.54 Å². The first-order chi connectivity index (χ1) is 13.7. The summed E-state index contributed by atoms with van der Waals surface area (Å²) in [5.41, 5.74) is 1.64. The minimum atomic E-state index is -0.259. The molecule has 6 heteroatoms. The van der Waals surface area contributed by atoms with Gasteiger partial charge in [-0.15, -0.1) is 0 Å². The Morgan fingerprint density at radius 1 is 1.07 bits per heavy atom.